The summed E-state index contributed by atoms with van der Waals surface area (Å²) in [5.41, 5.74) is 0.527. The van der Waals surface area contributed by atoms with E-state index in [9.17, 15) is 0 Å². The minimum absolute atomic E-state index is 0.527. The fraction of sp³-hybridized carbons (Fsp3) is 0.765. The minimum Gasteiger partial charge on any atom is -0.356 e. The Kier molecular flexibility index (Phi) is 4.32. The van der Waals surface area contributed by atoms with Crippen LogP contribution in [0, 0.1) is 5.41 Å². The molecule has 2 aliphatic rings. The first kappa shape index (κ1) is 14.6. The van der Waals surface area contributed by atoms with E-state index in [-0.39, 0.29) is 0 Å². The van der Waals surface area contributed by atoms with Crippen molar-refractivity contribution in [2.75, 3.05) is 36.0 Å². The van der Waals surface area contributed by atoms with E-state index in [0.29, 0.717) is 5.41 Å². The second-order valence-corrected chi connectivity index (χ2v) is 6.91. The third kappa shape index (κ3) is 3.30. The molecule has 3 rings (SSSR count). The Labute approximate surface area is 128 Å². The lowest BCUT2D eigenvalue weighted by Gasteiger charge is -2.39. The lowest BCUT2D eigenvalue weighted by atomic mass is 9.78. The average molecular weight is 288 g/mol. The van der Waals surface area contributed by atoms with E-state index in [1.54, 1.807) is 0 Å². The van der Waals surface area contributed by atoms with Crippen molar-refractivity contribution in [3.8, 4) is 0 Å². The van der Waals surface area contributed by atoms with E-state index >= 15 is 0 Å². The molecule has 2 fully saturated rings. The lowest BCUT2D eigenvalue weighted by Crippen LogP contribution is -2.39. The average Bonchev–Trinajstić information content (AvgIpc) is 2.56. The normalized spacial score (nSPS) is 22.4. The molecule has 0 N–H and O–H groups in total. The highest BCUT2D eigenvalue weighted by Crippen LogP contribution is 2.35. The van der Waals surface area contributed by atoms with Gasteiger partial charge < -0.3 is 9.80 Å². The summed E-state index contributed by atoms with van der Waals surface area (Å²) >= 11 is 0. The minimum atomic E-state index is 0.527. The quantitative estimate of drug-likeness (QED) is 0.852. The van der Waals surface area contributed by atoms with Crippen molar-refractivity contribution in [3.63, 3.8) is 0 Å². The zero-order valence-corrected chi connectivity index (χ0v) is 13.5. The molecule has 1 aromatic rings. The van der Waals surface area contributed by atoms with Crippen LogP contribution < -0.4 is 9.80 Å². The monoisotopic (exact) mass is 288 g/mol. The number of aromatic nitrogens is 2. The number of nitrogens with zero attached hydrogens (tertiary/aromatic N) is 4. The zero-order valence-electron chi connectivity index (χ0n) is 13.5. The highest BCUT2D eigenvalue weighted by Gasteiger charge is 2.29. The van der Waals surface area contributed by atoms with Crippen molar-refractivity contribution >= 4 is 11.8 Å². The Balaban J connectivity index is 1.69. The van der Waals surface area contributed by atoms with E-state index < -0.39 is 0 Å². The Hall–Kier alpha value is -1.32. The lowest BCUT2D eigenvalue weighted by molar-refractivity contribution is 0.238. The summed E-state index contributed by atoms with van der Waals surface area (Å²) in [4.78, 5) is 14.1. The van der Waals surface area contributed by atoms with Crippen LogP contribution in [0.1, 0.15) is 52.4 Å². The zero-order chi connectivity index (χ0) is 14.7. The predicted molar refractivity (Wildman–Crippen MR) is 87.9 cm³/mol. The van der Waals surface area contributed by atoms with Crippen molar-refractivity contribution in [1.29, 1.82) is 0 Å². The Morgan fingerprint density at radius 1 is 1.05 bits per heavy atom. The standard InChI is InChI=1S/C17H28N4/c1-3-17(2)8-13-20(14-9-17)15-7-10-18-16(19-15)21-11-5-4-6-12-21/h7,10H,3-6,8-9,11-14H2,1-2H3. The first-order chi connectivity index (χ1) is 10.2. The molecule has 21 heavy (non-hydrogen) atoms. The Bertz CT molecular complexity index is 460. The fourth-order valence-corrected chi connectivity index (χ4v) is 3.39. The molecule has 0 bridgehead atoms. The molecule has 0 spiro atoms. The summed E-state index contributed by atoms with van der Waals surface area (Å²) in [5.74, 6) is 2.04. The largest absolute Gasteiger partial charge is 0.356 e. The molecule has 3 heterocycles. The maximum absolute atomic E-state index is 4.83. The molecule has 116 valence electrons. The van der Waals surface area contributed by atoms with Crippen LogP contribution in [0.5, 0.6) is 0 Å². The SMILES string of the molecule is CCC1(C)CCN(c2ccnc(N3CCCCC3)n2)CC1. The molecular weight excluding hydrogens is 260 g/mol. The van der Waals surface area contributed by atoms with E-state index in [0.717, 1.165) is 37.9 Å². The van der Waals surface area contributed by atoms with Gasteiger partial charge in [0.1, 0.15) is 5.82 Å². The van der Waals surface area contributed by atoms with Gasteiger partial charge in [-0.1, -0.05) is 20.3 Å². The van der Waals surface area contributed by atoms with Crippen LogP contribution in [0.15, 0.2) is 12.3 Å². The van der Waals surface area contributed by atoms with Crippen LogP contribution in [0.4, 0.5) is 11.8 Å². The van der Waals surface area contributed by atoms with Gasteiger partial charge in [0.05, 0.1) is 0 Å². The molecule has 0 unspecified atom stereocenters. The number of rotatable bonds is 3. The van der Waals surface area contributed by atoms with Crippen LogP contribution in [0.3, 0.4) is 0 Å². The summed E-state index contributed by atoms with van der Waals surface area (Å²) in [6.45, 7) is 9.20. The third-order valence-corrected chi connectivity index (χ3v) is 5.42. The van der Waals surface area contributed by atoms with Crippen LogP contribution in [-0.2, 0) is 0 Å². The van der Waals surface area contributed by atoms with Crippen molar-refractivity contribution in [2.45, 2.75) is 52.4 Å². The molecule has 4 heteroatoms. The van der Waals surface area contributed by atoms with Crippen molar-refractivity contribution in [1.82, 2.24) is 9.97 Å². The Morgan fingerprint density at radius 2 is 1.76 bits per heavy atom. The van der Waals surface area contributed by atoms with Gasteiger partial charge in [-0.2, -0.15) is 4.98 Å². The van der Waals surface area contributed by atoms with Crippen molar-refractivity contribution in [3.05, 3.63) is 12.3 Å². The summed E-state index contributed by atoms with van der Waals surface area (Å²) in [6.07, 6.45) is 9.64. The second-order valence-electron chi connectivity index (χ2n) is 6.91. The molecule has 0 atom stereocenters. The maximum Gasteiger partial charge on any atom is 0.227 e. The van der Waals surface area contributed by atoms with Gasteiger partial charge in [0.25, 0.3) is 0 Å². The first-order valence-corrected chi connectivity index (χ1v) is 8.53. The third-order valence-electron chi connectivity index (χ3n) is 5.42. The molecule has 0 aliphatic carbocycles. The molecule has 2 aliphatic heterocycles. The molecule has 1 aromatic heterocycles. The van der Waals surface area contributed by atoms with Crippen molar-refractivity contribution < 1.29 is 0 Å². The van der Waals surface area contributed by atoms with Crippen LogP contribution in [0.2, 0.25) is 0 Å². The van der Waals surface area contributed by atoms with Gasteiger partial charge in [0.2, 0.25) is 5.95 Å². The summed E-state index contributed by atoms with van der Waals surface area (Å²) in [5, 5.41) is 0. The first-order valence-electron chi connectivity index (χ1n) is 8.53. The molecule has 0 aromatic carbocycles. The summed E-state index contributed by atoms with van der Waals surface area (Å²) in [6, 6.07) is 2.07. The number of hydrogen-bond donors (Lipinski definition) is 0. The van der Waals surface area contributed by atoms with Gasteiger partial charge in [-0.05, 0) is 43.6 Å². The molecule has 4 nitrogen and oxygen atoms in total. The van der Waals surface area contributed by atoms with E-state index in [2.05, 4.69) is 34.7 Å². The molecule has 0 amide bonds. The van der Waals surface area contributed by atoms with Gasteiger partial charge in [-0.15, -0.1) is 0 Å². The van der Waals surface area contributed by atoms with E-state index in [1.807, 2.05) is 6.20 Å². The molecule has 2 saturated heterocycles. The maximum atomic E-state index is 4.83. The van der Waals surface area contributed by atoms with Gasteiger partial charge in [0, 0.05) is 32.4 Å². The predicted octanol–water partition coefficient (Wildman–Crippen LogP) is 3.48. The van der Waals surface area contributed by atoms with Gasteiger partial charge >= 0.3 is 0 Å². The topological polar surface area (TPSA) is 32.3 Å². The van der Waals surface area contributed by atoms with Crippen LogP contribution in [-0.4, -0.2) is 36.1 Å². The van der Waals surface area contributed by atoms with E-state index in [1.165, 1.54) is 38.5 Å². The van der Waals surface area contributed by atoms with Gasteiger partial charge in [-0.3, -0.25) is 0 Å². The fourth-order valence-electron chi connectivity index (χ4n) is 3.39. The summed E-state index contributed by atoms with van der Waals surface area (Å²) in [7, 11) is 0. The van der Waals surface area contributed by atoms with Crippen LogP contribution in [0.25, 0.3) is 0 Å². The highest BCUT2D eigenvalue weighted by atomic mass is 15.3. The number of piperidine rings is 2. The molecular formula is C17H28N4. The molecule has 0 saturated carbocycles. The summed E-state index contributed by atoms with van der Waals surface area (Å²) < 4.78 is 0. The highest BCUT2D eigenvalue weighted by molar-refractivity contribution is 5.44. The number of hydrogen-bond acceptors (Lipinski definition) is 4. The van der Waals surface area contributed by atoms with Crippen LogP contribution >= 0.6 is 0 Å². The Morgan fingerprint density at radius 3 is 2.43 bits per heavy atom. The smallest absolute Gasteiger partial charge is 0.227 e. The van der Waals surface area contributed by atoms with Gasteiger partial charge in [0.15, 0.2) is 0 Å². The second kappa shape index (κ2) is 6.20. The van der Waals surface area contributed by atoms with Crippen molar-refractivity contribution in [2.24, 2.45) is 5.41 Å². The number of anilines is 2. The molecule has 0 radical (unpaired) electrons. The van der Waals surface area contributed by atoms with Gasteiger partial charge in [-0.25, -0.2) is 4.98 Å². The van der Waals surface area contributed by atoms with E-state index in [4.69, 9.17) is 4.98 Å².